The van der Waals surface area contributed by atoms with E-state index in [4.69, 9.17) is 9.47 Å². The number of hydrogen-bond donors (Lipinski definition) is 6. The molecule has 1 fully saturated rings. The van der Waals surface area contributed by atoms with Crippen LogP contribution in [0.1, 0.15) is 232 Å². The maximum absolute atomic E-state index is 13.1. The summed E-state index contributed by atoms with van der Waals surface area (Å²) in [6.07, 6.45) is 35.3. The van der Waals surface area contributed by atoms with E-state index in [1.54, 1.807) is 6.08 Å². The highest BCUT2D eigenvalue weighted by Gasteiger charge is 2.48. The lowest BCUT2D eigenvalue weighted by Crippen LogP contribution is -2.61. The number of rotatable bonds is 43. The van der Waals surface area contributed by atoms with E-state index in [0.29, 0.717) is 6.42 Å². The summed E-state index contributed by atoms with van der Waals surface area (Å²) in [7, 11) is -5.08. The number of aliphatic hydroxyl groups is 4. The summed E-state index contributed by atoms with van der Waals surface area (Å²) in [5.41, 5.74) is 0. The molecule has 1 aliphatic rings. The lowest BCUT2D eigenvalue weighted by atomic mass is 9.99. The molecule has 0 aromatic heterocycles. The maximum atomic E-state index is 13.1. The predicted octanol–water partition coefficient (Wildman–Crippen LogP) is 10.3. The van der Waals surface area contributed by atoms with E-state index in [-0.39, 0.29) is 18.9 Å². The van der Waals surface area contributed by atoms with Crippen molar-refractivity contribution in [3.63, 3.8) is 0 Å². The molecule has 1 saturated heterocycles. The molecular weight excluding hydrogens is 799 g/mol. The van der Waals surface area contributed by atoms with Gasteiger partial charge in [0.05, 0.1) is 25.4 Å². The highest BCUT2D eigenvalue weighted by Crippen LogP contribution is 2.26. The van der Waals surface area contributed by atoms with Crippen molar-refractivity contribution in [3.8, 4) is 0 Å². The SMILES string of the molecule is CCCCCCCCCCCCCCCCC/C=C/C(O)C(COC1OC(CO)C(O)C(OS(=O)(=O)O)C1O)NC(=O)CCCCCCCCCCCCCCCCCCC. The van der Waals surface area contributed by atoms with Crippen LogP contribution in [0.3, 0.4) is 0 Å². The van der Waals surface area contributed by atoms with Crippen LogP contribution in [0.4, 0.5) is 0 Å². The number of amides is 1. The molecule has 1 amide bonds. The predicted molar refractivity (Wildman–Crippen MR) is 246 cm³/mol. The number of unbranched alkanes of at least 4 members (excludes halogenated alkanes) is 31. The summed E-state index contributed by atoms with van der Waals surface area (Å²) in [5, 5.41) is 44.8. The number of allylic oxidation sites excluding steroid dienone is 1. The number of hydrogen-bond acceptors (Lipinski definition) is 10. The molecule has 13 heteroatoms. The van der Waals surface area contributed by atoms with E-state index in [1.165, 1.54) is 167 Å². The van der Waals surface area contributed by atoms with Crippen LogP contribution in [0.15, 0.2) is 12.2 Å². The van der Waals surface area contributed by atoms with E-state index in [9.17, 15) is 38.2 Å². The Labute approximate surface area is 372 Å². The molecule has 362 valence electrons. The fourth-order valence-corrected chi connectivity index (χ4v) is 8.67. The van der Waals surface area contributed by atoms with Crippen molar-refractivity contribution in [2.75, 3.05) is 13.2 Å². The number of ether oxygens (including phenoxy) is 2. The number of carbonyl (C=O) groups excluding carboxylic acids is 1. The second-order valence-corrected chi connectivity index (χ2v) is 18.8. The first kappa shape index (κ1) is 57.9. The molecule has 0 bridgehead atoms. The summed E-state index contributed by atoms with van der Waals surface area (Å²) >= 11 is 0. The molecule has 1 heterocycles. The molecule has 6 N–H and O–H groups in total. The van der Waals surface area contributed by atoms with Gasteiger partial charge in [-0.25, -0.2) is 4.18 Å². The fourth-order valence-electron chi connectivity index (χ4n) is 8.16. The number of carbonyl (C=O) groups is 1. The highest BCUT2D eigenvalue weighted by molar-refractivity contribution is 7.80. The van der Waals surface area contributed by atoms with Gasteiger partial charge in [-0.1, -0.05) is 219 Å². The van der Waals surface area contributed by atoms with Crippen molar-refractivity contribution >= 4 is 16.3 Å². The Hall–Kier alpha value is -1.16. The monoisotopic (exact) mass is 892 g/mol. The van der Waals surface area contributed by atoms with Crippen molar-refractivity contribution in [1.29, 1.82) is 0 Å². The third kappa shape index (κ3) is 32.2. The van der Waals surface area contributed by atoms with Crippen molar-refractivity contribution in [2.24, 2.45) is 0 Å². The smallest absolute Gasteiger partial charge is 0.394 e. The second-order valence-electron chi connectivity index (χ2n) is 17.8. The van der Waals surface area contributed by atoms with Crippen molar-refractivity contribution < 1.29 is 51.8 Å². The van der Waals surface area contributed by atoms with Gasteiger partial charge in [0.25, 0.3) is 0 Å². The Balaban J connectivity index is 2.47. The van der Waals surface area contributed by atoms with Crippen LogP contribution >= 0.6 is 0 Å². The number of aliphatic hydroxyl groups excluding tert-OH is 4. The van der Waals surface area contributed by atoms with Gasteiger partial charge < -0.3 is 35.2 Å². The first-order chi connectivity index (χ1) is 29.5. The van der Waals surface area contributed by atoms with Gasteiger partial charge >= 0.3 is 10.4 Å². The van der Waals surface area contributed by atoms with Crippen LogP contribution < -0.4 is 5.32 Å². The van der Waals surface area contributed by atoms with Gasteiger partial charge in [-0.15, -0.1) is 0 Å². The summed E-state index contributed by atoms with van der Waals surface area (Å²) in [6.45, 7) is 3.41. The minimum atomic E-state index is -5.08. The summed E-state index contributed by atoms with van der Waals surface area (Å²) in [6, 6.07) is -0.938. The average Bonchev–Trinajstić information content (AvgIpc) is 3.23. The van der Waals surface area contributed by atoms with E-state index < -0.39 is 59.9 Å². The largest absolute Gasteiger partial charge is 0.397 e. The van der Waals surface area contributed by atoms with Crippen molar-refractivity contribution in [2.45, 2.75) is 275 Å². The lowest BCUT2D eigenvalue weighted by Gasteiger charge is -2.41. The minimum Gasteiger partial charge on any atom is -0.394 e. The third-order valence-corrected chi connectivity index (χ3v) is 12.5. The first-order valence-electron chi connectivity index (χ1n) is 25.1. The molecule has 1 rings (SSSR count). The van der Waals surface area contributed by atoms with Crippen molar-refractivity contribution in [1.82, 2.24) is 5.32 Å². The Morgan fingerprint density at radius 1 is 0.639 bits per heavy atom. The molecular formula is C48H93NO11S. The zero-order chi connectivity index (χ0) is 44.8. The van der Waals surface area contributed by atoms with Gasteiger partial charge in [0.1, 0.15) is 24.4 Å². The van der Waals surface area contributed by atoms with Gasteiger partial charge in [-0.3, -0.25) is 9.35 Å². The molecule has 12 nitrogen and oxygen atoms in total. The fraction of sp³-hybridized carbons (Fsp3) is 0.938. The minimum absolute atomic E-state index is 0.259. The highest BCUT2D eigenvalue weighted by atomic mass is 32.3. The molecule has 0 saturated carbocycles. The topological polar surface area (TPSA) is 192 Å². The van der Waals surface area contributed by atoms with Gasteiger partial charge in [0.2, 0.25) is 5.91 Å². The van der Waals surface area contributed by atoms with Crippen molar-refractivity contribution in [3.05, 3.63) is 12.2 Å². The molecule has 0 spiro atoms. The van der Waals surface area contributed by atoms with Gasteiger partial charge in [-0.05, 0) is 19.3 Å². The summed E-state index contributed by atoms with van der Waals surface area (Å²) in [4.78, 5) is 13.1. The summed E-state index contributed by atoms with van der Waals surface area (Å²) < 4.78 is 47.7. The zero-order valence-electron chi connectivity index (χ0n) is 38.7. The Bertz CT molecular complexity index is 1140. The van der Waals surface area contributed by atoms with Crippen LogP contribution in [0.5, 0.6) is 0 Å². The molecule has 1 aliphatic heterocycles. The van der Waals surface area contributed by atoms with Gasteiger partial charge in [0.15, 0.2) is 6.29 Å². The molecule has 7 unspecified atom stereocenters. The standard InChI is InChI=1S/C48H93NO11S/c1-3-5-7-9-11-13-15-17-19-21-23-25-27-29-31-33-35-37-42(51)41(40-58-48-46(54)47(60-61(55,56)57)45(53)43(39-50)59-48)49-44(52)38-36-34-32-30-28-26-24-22-20-18-16-14-12-10-8-6-4-2/h35,37,41-43,45-48,50-51,53-54H,3-34,36,38-40H2,1-2H3,(H,49,52)(H,55,56,57)/b37-35+. The van der Waals surface area contributed by atoms with E-state index in [2.05, 4.69) is 23.3 Å². The van der Waals surface area contributed by atoms with E-state index >= 15 is 0 Å². The molecule has 7 atom stereocenters. The lowest BCUT2D eigenvalue weighted by molar-refractivity contribution is -0.298. The van der Waals surface area contributed by atoms with Crippen LogP contribution in [0, 0.1) is 0 Å². The number of nitrogens with one attached hydrogen (secondary N) is 1. The Morgan fingerprint density at radius 2 is 1.03 bits per heavy atom. The normalized spacial score (nSPS) is 20.7. The van der Waals surface area contributed by atoms with Gasteiger partial charge in [0, 0.05) is 6.42 Å². The first-order valence-corrected chi connectivity index (χ1v) is 26.4. The molecule has 0 radical (unpaired) electrons. The molecule has 0 aliphatic carbocycles. The van der Waals surface area contributed by atoms with Crippen LogP contribution in [-0.2, 0) is 28.9 Å². The van der Waals surface area contributed by atoms with Crippen LogP contribution in [0.25, 0.3) is 0 Å². The Morgan fingerprint density at radius 3 is 1.43 bits per heavy atom. The molecule has 0 aromatic carbocycles. The summed E-state index contributed by atoms with van der Waals surface area (Å²) in [5.74, 6) is -0.259. The van der Waals surface area contributed by atoms with Crippen LogP contribution in [0.2, 0.25) is 0 Å². The average molecular weight is 892 g/mol. The Kier molecular flexibility index (Phi) is 37.2. The van der Waals surface area contributed by atoms with Crippen LogP contribution in [-0.4, -0.2) is 95.4 Å². The molecule has 0 aromatic rings. The zero-order valence-corrected chi connectivity index (χ0v) is 39.6. The van der Waals surface area contributed by atoms with E-state index in [0.717, 1.165) is 38.5 Å². The van der Waals surface area contributed by atoms with Gasteiger partial charge in [-0.2, -0.15) is 8.42 Å². The second kappa shape index (κ2) is 39.2. The maximum Gasteiger partial charge on any atom is 0.397 e. The van der Waals surface area contributed by atoms with E-state index in [1.807, 2.05) is 6.08 Å². The third-order valence-electron chi connectivity index (χ3n) is 12.1. The molecule has 61 heavy (non-hydrogen) atoms. The quantitative estimate of drug-likeness (QED) is 0.0194.